The standard InChI is InChI=1S/C14H19NO4S/c1-3-15(9-8-12(16)17)13(14(18)19)10-4-6-11(20-2)7-5-10/h4-7,13H,3,8-9H2,1-2H3,(H,16,17)(H,18,19). The molecule has 1 unspecified atom stereocenters. The van der Waals surface area contributed by atoms with Gasteiger partial charge in [-0.3, -0.25) is 14.5 Å². The van der Waals surface area contributed by atoms with Crippen LogP contribution in [0.25, 0.3) is 0 Å². The minimum Gasteiger partial charge on any atom is -0.481 e. The first-order valence-corrected chi connectivity index (χ1v) is 7.54. The van der Waals surface area contributed by atoms with Crippen LogP contribution < -0.4 is 0 Å². The number of nitrogens with zero attached hydrogens (tertiary/aromatic N) is 1. The Morgan fingerprint density at radius 3 is 2.25 bits per heavy atom. The summed E-state index contributed by atoms with van der Waals surface area (Å²) in [6.07, 6.45) is 1.88. The fraction of sp³-hybridized carbons (Fsp3) is 0.429. The number of benzene rings is 1. The number of hydrogen-bond acceptors (Lipinski definition) is 4. The van der Waals surface area contributed by atoms with Crippen molar-refractivity contribution in [2.45, 2.75) is 24.3 Å². The first kappa shape index (κ1) is 16.5. The normalized spacial score (nSPS) is 12.3. The van der Waals surface area contributed by atoms with Crippen molar-refractivity contribution in [1.82, 2.24) is 4.90 Å². The van der Waals surface area contributed by atoms with Gasteiger partial charge in [0.15, 0.2) is 0 Å². The van der Waals surface area contributed by atoms with Crippen molar-refractivity contribution in [3.8, 4) is 0 Å². The molecule has 0 aliphatic carbocycles. The van der Waals surface area contributed by atoms with Gasteiger partial charge in [-0.25, -0.2) is 0 Å². The smallest absolute Gasteiger partial charge is 0.325 e. The molecular formula is C14H19NO4S. The molecule has 5 nitrogen and oxygen atoms in total. The molecule has 0 bridgehead atoms. The van der Waals surface area contributed by atoms with Crippen molar-refractivity contribution in [3.63, 3.8) is 0 Å². The van der Waals surface area contributed by atoms with Gasteiger partial charge >= 0.3 is 11.9 Å². The molecule has 110 valence electrons. The highest BCUT2D eigenvalue weighted by Crippen LogP contribution is 2.24. The highest BCUT2D eigenvalue weighted by molar-refractivity contribution is 7.98. The second-order valence-corrected chi connectivity index (χ2v) is 5.17. The Morgan fingerprint density at radius 2 is 1.85 bits per heavy atom. The van der Waals surface area contributed by atoms with Gasteiger partial charge in [0.1, 0.15) is 6.04 Å². The lowest BCUT2D eigenvalue weighted by Gasteiger charge is -2.27. The maximum Gasteiger partial charge on any atom is 0.325 e. The third kappa shape index (κ3) is 4.54. The van der Waals surface area contributed by atoms with Crippen LogP contribution in [0, 0.1) is 0 Å². The van der Waals surface area contributed by atoms with Crippen LogP contribution in [-0.4, -0.2) is 46.4 Å². The monoisotopic (exact) mass is 297 g/mol. The van der Waals surface area contributed by atoms with Gasteiger partial charge in [0.05, 0.1) is 6.42 Å². The Balaban J connectivity index is 2.95. The molecule has 6 heteroatoms. The van der Waals surface area contributed by atoms with Crippen molar-refractivity contribution in [2.24, 2.45) is 0 Å². The fourth-order valence-corrected chi connectivity index (χ4v) is 2.41. The molecule has 0 aliphatic rings. The highest BCUT2D eigenvalue weighted by atomic mass is 32.2. The molecule has 0 amide bonds. The fourth-order valence-electron chi connectivity index (χ4n) is 2.00. The van der Waals surface area contributed by atoms with Gasteiger partial charge in [-0.1, -0.05) is 19.1 Å². The summed E-state index contributed by atoms with van der Waals surface area (Å²) in [4.78, 5) is 24.9. The lowest BCUT2D eigenvalue weighted by molar-refractivity contribution is -0.145. The Kier molecular flexibility index (Phi) is 6.54. The maximum atomic E-state index is 11.5. The van der Waals surface area contributed by atoms with E-state index >= 15 is 0 Å². The second kappa shape index (κ2) is 7.91. The summed E-state index contributed by atoms with van der Waals surface area (Å²) in [5.74, 6) is -1.89. The van der Waals surface area contributed by atoms with Crippen LogP contribution in [0.2, 0.25) is 0 Å². The summed E-state index contributed by atoms with van der Waals surface area (Å²) in [6.45, 7) is 2.52. The summed E-state index contributed by atoms with van der Waals surface area (Å²) < 4.78 is 0. The average molecular weight is 297 g/mol. The Labute approximate surface area is 122 Å². The van der Waals surface area contributed by atoms with E-state index in [-0.39, 0.29) is 13.0 Å². The number of thioether (sulfide) groups is 1. The van der Waals surface area contributed by atoms with Crippen LogP contribution in [0.5, 0.6) is 0 Å². The Hall–Kier alpha value is -1.53. The summed E-state index contributed by atoms with van der Waals surface area (Å²) in [5, 5.41) is 18.2. The average Bonchev–Trinajstić information content (AvgIpc) is 2.43. The molecular weight excluding hydrogens is 278 g/mol. The molecule has 0 saturated carbocycles. The molecule has 2 N–H and O–H groups in total. The first-order chi connectivity index (χ1) is 9.49. The molecule has 0 aromatic heterocycles. The number of carboxylic acids is 2. The molecule has 0 heterocycles. The van der Waals surface area contributed by atoms with Gasteiger partial charge in [-0.15, -0.1) is 11.8 Å². The van der Waals surface area contributed by atoms with E-state index in [1.54, 1.807) is 28.8 Å². The zero-order chi connectivity index (χ0) is 15.1. The molecule has 1 aromatic rings. The first-order valence-electron chi connectivity index (χ1n) is 6.32. The molecule has 0 saturated heterocycles. The Morgan fingerprint density at radius 1 is 1.25 bits per heavy atom. The second-order valence-electron chi connectivity index (χ2n) is 4.29. The van der Waals surface area contributed by atoms with E-state index in [2.05, 4.69) is 0 Å². The third-order valence-electron chi connectivity index (χ3n) is 3.05. The predicted octanol–water partition coefficient (Wildman–Crippen LogP) is 2.33. The van der Waals surface area contributed by atoms with Crippen LogP contribution in [0.1, 0.15) is 24.9 Å². The maximum absolute atomic E-state index is 11.5. The number of likely N-dealkylation sites (N-methyl/N-ethyl adjacent to an activating group) is 1. The van der Waals surface area contributed by atoms with E-state index in [1.807, 2.05) is 25.3 Å². The molecule has 0 spiro atoms. The van der Waals surface area contributed by atoms with E-state index in [9.17, 15) is 14.7 Å². The van der Waals surface area contributed by atoms with Gasteiger partial charge in [-0.05, 0) is 30.5 Å². The number of carbonyl (C=O) groups is 2. The van der Waals surface area contributed by atoms with E-state index < -0.39 is 18.0 Å². The van der Waals surface area contributed by atoms with Crippen LogP contribution in [0.3, 0.4) is 0 Å². The van der Waals surface area contributed by atoms with Crippen molar-refractivity contribution in [1.29, 1.82) is 0 Å². The molecule has 0 aliphatic heterocycles. The van der Waals surface area contributed by atoms with Crippen molar-refractivity contribution >= 4 is 23.7 Å². The van der Waals surface area contributed by atoms with Gasteiger partial charge in [-0.2, -0.15) is 0 Å². The molecule has 20 heavy (non-hydrogen) atoms. The zero-order valence-corrected chi connectivity index (χ0v) is 12.4. The van der Waals surface area contributed by atoms with Crippen molar-refractivity contribution < 1.29 is 19.8 Å². The van der Waals surface area contributed by atoms with Gasteiger partial charge in [0.25, 0.3) is 0 Å². The molecule has 1 rings (SSSR count). The predicted molar refractivity (Wildman–Crippen MR) is 78.1 cm³/mol. The lowest BCUT2D eigenvalue weighted by Crippen LogP contribution is -2.35. The SMILES string of the molecule is CCN(CCC(=O)O)C(C(=O)O)c1ccc(SC)cc1. The third-order valence-corrected chi connectivity index (χ3v) is 3.79. The van der Waals surface area contributed by atoms with Crippen LogP contribution >= 0.6 is 11.8 Å². The highest BCUT2D eigenvalue weighted by Gasteiger charge is 2.26. The van der Waals surface area contributed by atoms with Crippen molar-refractivity contribution in [2.75, 3.05) is 19.3 Å². The summed E-state index contributed by atoms with van der Waals surface area (Å²) in [5.41, 5.74) is 0.669. The summed E-state index contributed by atoms with van der Waals surface area (Å²) >= 11 is 1.59. The minimum atomic E-state index is -0.964. The van der Waals surface area contributed by atoms with Crippen LogP contribution in [-0.2, 0) is 9.59 Å². The number of hydrogen-bond donors (Lipinski definition) is 2. The molecule has 1 atom stereocenters. The quantitative estimate of drug-likeness (QED) is 0.717. The molecule has 0 radical (unpaired) electrons. The van der Waals surface area contributed by atoms with Crippen LogP contribution in [0.15, 0.2) is 29.2 Å². The van der Waals surface area contributed by atoms with E-state index in [1.165, 1.54) is 0 Å². The van der Waals surface area contributed by atoms with Crippen LogP contribution in [0.4, 0.5) is 0 Å². The van der Waals surface area contributed by atoms with E-state index in [4.69, 9.17) is 5.11 Å². The number of aliphatic carboxylic acids is 2. The molecule has 0 fully saturated rings. The number of carboxylic acid groups (broad SMARTS) is 2. The van der Waals surface area contributed by atoms with Gasteiger partial charge in [0, 0.05) is 11.4 Å². The summed E-state index contributed by atoms with van der Waals surface area (Å²) in [7, 11) is 0. The number of rotatable bonds is 8. The zero-order valence-electron chi connectivity index (χ0n) is 11.6. The van der Waals surface area contributed by atoms with E-state index in [0.29, 0.717) is 12.1 Å². The van der Waals surface area contributed by atoms with E-state index in [0.717, 1.165) is 4.90 Å². The van der Waals surface area contributed by atoms with Gasteiger partial charge in [0.2, 0.25) is 0 Å². The molecule has 1 aromatic carbocycles. The largest absolute Gasteiger partial charge is 0.481 e. The minimum absolute atomic E-state index is 0.0689. The summed E-state index contributed by atoms with van der Waals surface area (Å²) in [6, 6.07) is 6.51. The topological polar surface area (TPSA) is 77.8 Å². The van der Waals surface area contributed by atoms with Gasteiger partial charge < -0.3 is 10.2 Å². The van der Waals surface area contributed by atoms with Crippen molar-refractivity contribution in [3.05, 3.63) is 29.8 Å². The lowest BCUT2D eigenvalue weighted by atomic mass is 10.1. The Bertz CT molecular complexity index is 461.